The van der Waals surface area contributed by atoms with Crippen LogP contribution in [0.2, 0.25) is 0 Å². The zero-order valence-electron chi connectivity index (χ0n) is 10.9. The minimum absolute atomic E-state index is 0.0858. The molecule has 1 heterocycles. The van der Waals surface area contributed by atoms with E-state index in [1.165, 1.54) is 4.90 Å². The molecule has 0 saturated heterocycles. The first-order valence-electron chi connectivity index (χ1n) is 5.68. The summed E-state index contributed by atoms with van der Waals surface area (Å²) in [4.78, 5) is 13.8. The Morgan fingerprint density at radius 3 is 2.65 bits per heavy atom. The van der Waals surface area contributed by atoms with Gasteiger partial charge in [-0.1, -0.05) is 0 Å². The number of hydrogen-bond donors (Lipinski definition) is 2. The van der Waals surface area contributed by atoms with Gasteiger partial charge < -0.3 is 20.3 Å². The smallest absolute Gasteiger partial charge is 0.270 e. The number of nitrogen functional groups attached to an aromatic ring is 1. The second kappa shape index (κ2) is 4.79. The number of aliphatic hydroxyl groups excluding tert-OH is 1. The van der Waals surface area contributed by atoms with Crippen LogP contribution in [0.3, 0.4) is 0 Å². The molecule has 0 bridgehead atoms. The molecule has 0 aliphatic heterocycles. The largest absolute Gasteiger partial charge is 0.397 e. The van der Waals surface area contributed by atoms with Crippen LogP contribution in [-0.2, 0) is 6.54 Å². The average Bonchev–Trinajstić information content (AvgIpc) is 2.68. The topological polar surface area (TPSA) is 71.5 Å². The number of likely N-dealkylation sites (N-methyl/N-ethyl adjacent to an activating group) is 1. The fourth-order valence-electron chi connectivity index (χ4n) is 1.53. The molecule has 5 heteroatoms. The molecule has 0 aliphatic carbocycles. The van der Waals surface area contributed by atoms with Crippen LogP contribution in [0.15, 0.2) is 12.3 Å². The van der Waals surface area contributed by atoms with Gasteiger partial charge in [0.05, 0.1) is 17.8 Å². The van der Waals surface area contributed by atoms with Gasteiger partial charge in [-0.05, 0) is 26.8 Å². The summed E-state index contributed by atoms with van der Waals surface area (Å²) < 4.78 is 1.81. The van der Waals surface area contributed by atoms with E-state index in [1.54, 1.807) is 19.3 Å². The number of aryl methyl sites for hydroxylation is 1. The first-order valence-corrected chi connectivity index (χ1v) is 5.68. The van der Waals surface area contributed by atoms with Crippen molar-refractivity contribution in [1.29, 1.82) is 0 Å². The van der Waals surface area contributed by atoms with Crippen LogP contribution in [0, 0.1) is 0 Å². The number of carbonyl (C=O) groups excluding carboxylic acids is 1. The van der Waals surface area contributed by atoms with Crippen LogP contribution in [0.5, 0.6) is 0 Å². The van der Waals surface area contributed by atoms with Gasteiger partial charge in [-0.25, -0.2) is 0 Å². The Morgan fingerprint density at radius 1 is 1.59 bits per heavy atom. The molecule has 0 aromatic carbocycles. The molecule has 1 rings (SSSR count). The van der Waals surface area contributed by atoms with Crippen LogP contribution in [0.4, 0.5) is 5.69 Å². The Hall–Kier alpha value is -1.49. The molecule has 1 aromatic heterocycles. The van der Waals surface area contributed by atoms with Crippen molar-refractivity contribution in [2.45, 2.75) is 32.9 Å². The molecule has 0 spiro atoms. The Morgan fingerprint density at radius 2 is 2.18 bits per heavy atom. The number of nitrogens with two attached hydrogens (primary N) is 1. The number of anilines is 1. The second-order valence-corrected chi connectivity index (χ2v) is 4.78. The predicted octanol–water partition coefficient (Wildman–Crippen LogP) is 0.933. The van der Waals surface area contributed by atoms with E-state index in [2.05, 4.69) is 0 Å². The van der Waals surface area contributed by atoms with Crippen molar-refractivity contribution in [3.63, 3.8) is 0 Å². The SMILES string of the molecule is CCn1cc(N)cc1C(=O)N(C)C(C)(C)CO. The average molecular weight is 239 g/mol. The van der Waals surface area contributed by atoms with Crippen molar-refractivity contribution in [2.24, 2.45) is 0 Å². The lowest BCUT2D eigenvalue weighted by Gasteiger charge is -2.34. The number of hydrogen-bond acceptors (Lipinski definition) is 3. The third kappa shape index (κ3) is 2.61. The molecular formula is C12H21N3O2. The summed E-state index contributed by atoms with van der Waals surface area (Å²) in [6.07, 6.45) is 1.74. The van der Waals surface area contributed by atoms with E-state index in [4.69, 9.17) is 5.73 Å². The Kier molecular flexibility index (Phi) is 3.83. The van der Waals surface area contributed by atoms with E-state index >= 15 is 0 Å². The molecule has 96 valence electrons. The third-order valence-corrected chi connectivity index (χ3v) is 3.08. The molecule has 17 heavy (non-hydrogen) atoms. The number of rotatable bonds is 4. The molecule has 1 aromatic rings. The van der Waals surface area contributed by atoms with Gasteiger partial charge in [-0.15, -0.1) is 0 Å². The minimum atomic E-state index is -0.589. The molecule has 5 nitrogen and oxygen atoms in total. The summed E-state index contributed by atoms with van der Waals surface area (Å²) in [5.74, 6) is -0.136. The molecular weight excluding hydrogens is 218 g/mol. The van der Waals surface area contributed by atoms with E-state index in [0.717, 1.165) is 0 Å². The Balaban J connectivity index is 3.04. The first kappa shape index (κ1) is 13.6. The van der Waals surface area contributed by atoms with Crippen LogP contribution in [-0.4, -0.2) is 39.7 Å². The highest BCUT2D eigenvalue weighted by atomic mass is 16.3. The lowest BCUT2D eigenvalue weighted by Crippen LogP contribution is -2.48. The maximum absolute atomic E-state index is 12.3. The third-order valence-electron chi connectivity index (χ3n) is 3.08. The van der Waals surface area contributed by atoms with Gasteiger partial charge in [0, 0.05) is 19.8 Å². The lowest BCUT2D eigenvalue weighted by atomic mass is 10.0. The normalized spacial score (nSPS) is 11.6. The van der Waals surface area contributed by atoms with E-state index in [0.29, 0.717) is 17.9 Å². The zero-order chi connectivity index (χ0) is 13.2. The molecule has 3 N–H and O–H groups in total. The summed E-state index contributed by atoms with van der Waals surface area (Å²) in [5, 5.41) is 9.27. The maximum Gasteiger partial charge on any atom is 0.270 e. The highest BCUT2D eigenvalue weighted by Gasteiger charge is 2.29. The molecule has 0 saturated carbocycles. The second-order valence-electron chi connectivity index (χ2n) is 4.78. The molecule has 0 aliphatic rings. The summed E-state index contributed by atoms with van der Waals surface area (Å²) >= 11 is 0. The number of amides is 1. The highest BCUT2D eigenvalue weighted by molar-refractivity contribution is 5.94. The van der Waals surface area contributed by atoms with Crippen LogP contribution in [0.1, 0.15) is 31.3 Å². The fourth-order valence-corrected chi connectivity index (χ4v) is 1.53. The van der Waals surface area contributed by atoms with Crippen LogP contribution < -0.4 is 5.73 Å². The van der Waals surface area contributed by atoms with Gasteiger partial charge in [0.25, 0.3) is 5.91 Å². The van der Waals surface area contributed by atoms with Gasteiger partial charge in [-0.2, -0.15) is 0 Å². The molecule has 0 radical (unpaired) electrons. The lowest BCUT2D eigenvalue weighted by molar-refractivity contribution is 0.0463. The van der Waals surface area contributed by atoms with Crippen molar-refractivity contribution in [3.05, 3.63) is 18.0 Å². The van der Waals surface area contributed by atoms with Gasteiger partial charge >= 0.3 is 0 Å². The van der Waals surface area contributed by atoms with Crippen molar-refractivity contribution >= 4 is 11.6 Å². The summed E-state index contributed by atoms with van der Waals surface area (Å²) in [6.45, 7) is 6.18. The number of nitrogens with zero attached hydrogens (tertiary/aromatic N) is 2. The number of aliphatic hydroxyl groups is 1. The van der Waals surface area contributed by atoms with Gasteiger partial charge in [0.2, 0.25) is 0 Å². The summed E-state index contributed by atoms with van der Waals surface area (Å²) in [6, 6.07) is 1.66. The molecule has 1 amide bonds. The Labute approximate surface area is 102 Å². The van der Waals surface area contributed by atoms with Crippen molar-refractivity contribution in [3.8, 4) is 0 Å². The monoisotopic (exact) mass is 239 g/mol. The van der Waals surface area contributed by atoms with Crippen molar-refractivity contribution in [2.75, 3.05) is 19.4 Å². The predicted molar refractivity (Wildman–Crippen MR) is 67.8 cm³/mol. The maximum atomic E-state index is 12.3. The summed E-state index contributed by atoms with van der Waals surface area (Å²) in [7, 11) is 1.68. The van der Waals surface area contributed by atoms with Gasteiger partial charge in [0.15, 0.2) is 0 Å². The Bertz CT molecular complexity index is 410. The minimum Gasteiger partial charge on any atom is -0.397 e. The van der Waals surface area contributed by atoms with E-state index in [9.17, 15) is 9.90 Å². The van der Waals surface area contributed by atoms with Gasteiger partial charge in [-0.3, -0.25) is 4.79 Å². The molecule has 0 atom stereocenters. The summed E-state index contributed by atoms with van der Waals surface area (Å²) in [5.41, 5.74) is 6.23. The van der Waals surface area contributed by atoms with Crippen molar-refractivity contribution in [1.82, 2.24) is 9.47 Å². The molecule has 0 unspecified atom stereocenters. The van der Waals surface area contributed by atoms with Crippen LogP contribution in [0.25, 0.3) is 0 Å². The van der Waals surface area contributed by atoms with E-state index in [1.807, 2.05) is 25.3 Å². The highest BCUT2D eigenvalue weighted by Crippen LogP contribution is 2.18. The van der Waals surface area contributed by atoms with Gasteiger partial charge in [0.1, 0.15) is 5.69 Å². The number of carbonyl (C=O) groups is 1. The number of aromatic nitrogens is 1. The first-order chi connectivity index (χ1) is 7.83. The standard InChI is InChI=1S/C12H21N3O2/c1-5-15-7-9(13)6-10(15)11(17)14(4)12(2,3)8-16/h6-7,16H,5,8,13H2,1-4H3. The zero-order valence-corrected chi connectivity index (χ0v) is 10.9. The van der Waals surface area contributed by atoms with Crippen molar-refractivity contribution < 1.29 is 9.90 Å². The van der Waals surface area contributed by atoms with E-state index < -0.39 is 5.54 Å². The molecule has 0 fully saturated rings. The van der Waals surface area contributed by atoms with Crippen LogP contribution >= 0.6 is 0 Å². The van der Waals surface area contributed by atoms with E-state index in [-0.39, 0.29) is 12.5 Å². The quantitative estimate of drug-likeness (QED) is 0.821. The fraction of sp³-hybridized carbons (Fsp3) is 0.583.